The first-order valence-electron chi connectivity index (χ1n) is 6.49. The lowest BCUT2D eigenvalue weighted by atomic mass is 10.1. The van der Waals surface area contributed by atoms with Crippen LogP contribution in [0.15, 0.2) is 28.7 Å². The van der Waals surface area contributed by atoms with Gasteiger partial charge in [0.1, 0.15) is 0 Å². The minimum absolute atomic E-state index is 0.589. The van der Waals surface area contributed by atoms with E-state index in [1.165, 1.54) is 18.5 Å². The molecule has 0 aromatic heterocycles. The lowest BCUT2D eigenvalue weighted by molar-refractivity contribution is 0.376. The Labute approximate surface area is 112 Å². The van der Waals surface area contributed by atoms with Crippen molar-refractivity contribution in [2.45, 2.75) is 31.8 Å². The Kier molecular flexibility index (Phi) is 3.14. The minimum atomic E-state index is 0.589. The van der Waals surface area contributed by atoms with E-state index in [0.717, 1.165) is 23.5 Å². The van der Waals surface area contributed by atoms with Crippen molar-refractivity contribution in [2.24, 2.45) is 5.92 Å². The molecule has 1 N–H and O–H groups in total. The van der Waals surface area contributed by atoms with Crippen molar-refractivity contribution in [1.29, 1.82) is 0 Å². The predicted octanol–water partition coefficient (Wildman–Crippen LogP) is 3.03. The fourth-order valence-electron chi connectivity index (χ4n) is 2.70. The Balaban J connectivity index is 1.76. The van der Waals surface area contributed by atoms with Gasteiger partial charge in [0.15, 0.2) is 0 Å². The zero-order chi connectivity index (χ0) is 11.8. The first kappa shape index (κ1) is 11.5. The highest BCUT2D eigenvalue weighted by Crippen LogP contribution is 2.35. The van der Waals surface area contributed by atoms with Crippen LogP contribution in [0.4, 0.5) is 5.69 Å². The Bertz CT molecular complexity index is 386. The number of hydrogen-bond donors (Lipinski definition) is 1. The van der Waals surface area contributed by atoms with Gasteiger partial charge < -0.3 is 10.2 Å². The van der Waals surface area contributed by atoms with E-state index in [0.29, 0.717) is 12.1 Å². The fourth-order valence-corrected chi connectivity index (χ4v) is 2.96. The second-order valence-electron chi connectivity index (χ2n) is 5.33. The molecule has 0 bridgehead atoms. The molecular weight excluding hydrogens is 276 g/mol. The topological polar surface area (TPSA) is 15.3 Å². The molecule has 1 aromatic rings. The summed E-state index contributed by atoms with van der Waals surface area (Å²) in [5.41, 5.74) is 1.35. The standard InChI is InChI=1S/C14H19BrN2/c1-10-8-16-14(11-2-3-11)9-17(10)13-6-4-12(15)5-7-13/h4-7,10-11,14,16H,2-3,8-9H2,1H3. The largest absolute Gasteiger partial charge is 0.366 e. The molecule has 0 radical (unpaired) electrons. The molecule has 2 aliphatic rings. The highest BCUT2D eigenvalue weighted by Gasteiger charge is 2.35. The first-order chi connectivity index (χ1) is 8.24. The highest BCUT2D eigenvalue weighted by atomic mass is 79.9. The predicted molar refractivity (Wildman–Crippen MR) is 75.5 cm³/mol. The van der Waals surface area contributed by atoms with Crippen molar-refractivity contribution in [2.75, 3.05) is 18.0 Å². The zero-order valence-corrected chi connectivity index (χ0v) is 11.8. The van der Waals surface area contributed by atoms with E-state index in [1.807, 2.05) is 0 Å². The van der Waals surface area contributed by atoms with Crippen LogP contribution in [0.5, 0.6) is 0 Å². The lowest BCUT2D eigenvalue weighted by Gasteiger charge is -2.40. The quantitative estimate of drug-likeness (QED) is 0.902. The second-order valence-corrected chi connectivity index (χ2v) is 6.25. The van der Waals surface area contributed by atoms with E-state index in [4.69, 9.17) is 0 Å². The van der Waals surface area contributed by atoms with Gasteiger partial charge in [0, 0.05) is 35.3 Å². The molecule has 1 heterocycles. The molecule has 2 atom stereocenters. The maximum absolute atomic E-state index is 3.69. The SMILES string of the molecule is CC1CNC(C2CC2)CN1c1ccc(Br)cc1. The first-order valence-corrected chi connectivity index (χ1v) is 7.29. The minimum Gasteiger partial charge on any atom is -0.366 e. The second kappa shape index (κ2) is 4.62. The van der Waals surface area contributed by atoms with Crippen molar-refractivity contribution < 1.29 is 0 Å². The van der Waals surface area contributed by atoms with Gasteiger partial charge in [-0.1, -0.05) is 15.9 Å². The summed E-state index contributed by atoms with van der Waals surface area (Å²) < 4.78 is 1.16. The molecule has 3 rings (SSSR count). The summed E-state index contributed by atoms with van der Waals surface area (Å²) in [6.07, 6.45) is 2.83. The molecule has 1 saturated heterocycles. The number of rotatable bonds is 2. The van der Waals surface area contributed by atoms with Crippen LogP contribution in [-0.4, -0.2) is 25.2 Å². The van der Waals surface area contributed by atoms with Gasteiger partial charge in [-0.05, 0) is 49.9 Å². The molecule has 2 fully saturated rings. The number of halogens is 1. The fraction of sp³-hybridized carbons (Fsp3) is 0.571. The molecular formula is C14H19BrN2. The van der Waals surface area contributed by atoms with Crippen LogP contribution in [-0.2, 0) is 0 Å². The summed E-state index contributed by atoms with van der Waals surface area (Å²) >= 11 is 3.50. The summed E-state index contributed by atoms with van der Waals surface area (Å²) in [7, 11) is 0. The van der Waals surface area contributed by atoms with Gasteiger partial charge in [-0.2, -0.15) is 0 Å². The highest BCUT2D eigenvalue weighted by molar-refractivity contribution is 9.10. The van der Waals surface area contributed by atoms with Crippen LogP contribution in [0.25, 0.3) is 0 Å². The van der Waals surface area contributed by atoms with Crippen molar-refractivity contribution in [1.82, 2.24) is 5.32 Å². The average Bonchev–Trinajstić information content (AvgIpc) is 3.15. The molecule has 17 heavy (non-hydrogen) atoms. The van der Waals surface area contributed by atoms with Crippen molar-refractivity contribution in [3.63, 3.8) is 0 Å². The van der Waals surface area contributed by atoms with Gasteiger partial charge in [-0.25, -0.2) is 0 Å². The van der Waals surface area contributed by atoms with E-state index in [9.17, 15) is 0 Å². The van der Waals surface area contributed by atoms with E-state index in [2.05, 4.69) is 57.3 Å². The molecule has 1 saturated carbocycles. The number of nitrogens with one attached hydrogen (secondary N) is 1. The van der Waals surface area contributed by atoms with Crippen molar-refractivity contribution in [3.05, 3.63) is 28.7 Å². The van der Waals surface area contributed by atoms with E-state index >= 15 is 0 Å². The van der Waals surface area contributed by atoms with Gasteiger partial charge in [-0.3, -0.25) is 0 Å². The molecule has 0 amide bonds. The van der Waals surface area contributed by atoms with Crippen LogP contribution in [0.2, 0.25) is 0 Å². The number of piperazine rings is 1. The summed E-state index contributed by atoms with van der Waals surface area (Å²) in [6.45, 7) is 4.57. The maximum atomic E-state index is 3.69. The normalized spacial score (nSPS) is 29.4. The van der Waals surface area contributed by atoms with E-state index in [-0.39, 0.29) is 0 Å². The monoisotopic (exact) mass is 294 g/mol. The van der Waals surface area contributed by atoms with Gasteiger partial charge in [0.25, 0.3) is 0 Å². The summed E-state index contributed by atoms with van der Waals surface area (Å²) in [6, 6.07) is 10.00. The Morgan fingerprint density at radius 2 is 1.94 bits per heavy atom. The molecule has 2 unspecified atom stereocenters. The maximum Gasteiger partial charge on any atom is 0.0387 e. The molecule has 1 aliphatic carbocycles. The molecule has 0 spiro atoms. The van der Waals surface area contributed by atoms with Crippen LogP contribution < -0.4 is 10.2 Å². The number of nitrogens with zero attached hydrogens (tertiary/aromatic N) is 1. The number of anilines is 1. The lowest BCUT2D eigenvalue weighted by Crippen LogP contribution is -2.56. The average molecular weight is 295 g/mol. The van der Waals surface area contributed by atoms with Crippen LogP contribution in [0.1, 0.15) is 19.8 Å². The van der Waals surface area contributed by atoms with Crippen LogP contribution >= 0.6 is 15.9 Å². The van der Waals surface area contributed by atoms with Gasteiger partial charge >= 0.3 is 0 Å². The third-order valence-corrected chi connectivity index (χ3v) is 4.48. The molecule has 2 nitrogen and oxygen atoms in total. The molecule has 1 aliphatic heterocycles. The summed E-state index contributed by atoms with van der Waals surface area (Å²) in [5.74, 6) is 0.931. The van der Waals surface area contributed by atoms with Gasteiger partial charge in [0.05, 0.1) is 0 Å². The van der Waals surface area contributed by atoms with Gasteiger partial charge in [0.2, 0.25) is 0 Å². The van der Waals surface area contributed by atoms with Crippen molar-refractivity contribution >= 4 is 21.6 Å². The Morgan fingerprint density at radius 1 is 1.24 bits per heavy atom. The third-order valence-electron chi connectivity index (χ3n) is 3.95. The number of benzene rings is 1. The van der Waals surface area contributed by atoms with E-state index < -0.39 is 0 Å². The summed E-state index contributed by atoms with van der Waals surface area (Å²) in [4.78, 5) is 2.55. The van der Waals surface area contributed by atoms with E-state index in [1.54, 1.807) is 0 Å². The Hall–Kier alpha value is -0.540. The summed E-state index contributed by atoms with van der Waals surface area (Å²) in [5, 5.41) is 3.69. The molecule has 3 heteroatoms. The van der Waals surface area contributed by atoms with Crippen LogP contribution in [0, 0.1) is 5.92 Å². The Morgan fingerprint density at radius 3 is 2.59 bits per heavy atom. The molecule has 92 valence electrons. The molecule has 1 aromatic carbocycles. The van der Waals surface area contributed by atoms with Crippen LogP contribution in [0.3, 0.4) is 0 Å². The van der Waals surface area contributed by atoms with Crippen molar-refractivity contribution in [3.8, 4) is 0 Å². The number of hydrogen-bond acceptors (Lipinski definition) is 2. The zero-order valence-electron chi connectivity index (χ0n) is 10.2. The smallest absolute Gasteiger partial charge is 0.0387 e. The third kappa shape index (κ3) is 2.50. The van der Waals surface area contributed by atoms with Gasteiger partial charge in [-0.15, -0.1) is 0 Å².